The molecule has 3 aliphatic rings. The number of allylic oxidation sites excluding steroid dienone is 1. The van der Waals surface area contributed by atoms with Crippen molar-refractivity contribution in [2.24, 2.45) is 0 Å². The van der Waals surface area contributed by atoms with Gasteiger partial charge >= 0.3 is 5.97 Å². The second kappa shape index (κ2) is 13.3. The number of amides is 1. The maximum absolute atomic E-state index is 13.5. The summed E-state index contributed by atoms with van der Waals surface area (Å²) in [6.45, 7) is 2.96. The van der Waals surface area contributed by atoms with Crippen molar-refractivity contribution in [2.45, 2.75) is 32.2 Å². The van der Waals surface area contributed by atoms with Gasteiger partial charge in [-0.2, -0.15) is 0 Å². The van der Waals surface area contributed by atoms with Crippen molar-refractivity contribution < 1.29 is 19.9 Å². The molecule has 0 unspecified atom stereocenters. The van der Waals surface area contributed by atoms with Crippen molar-refractivity contribution in [2.75, 3.05) is 39.7 Å². The zero-order chi connectivity index (χ0) is 34.2. The third-order valence-electron chi connectivity index (χ3n) is 9.23. The van der Waals surface area contributed by atoms with Crippen LogP contribution in [-0.2, 0) is 19.4 Å². The van der Waals surface area contributed by atoms with Crippen LogP contribution in [-0.4, -0.2) is 61.8 Å². The van der Waals surface area contributed by atoms with Gasteiger partial charge in [-0.25, -0.2) is 24.8 Å². The number of benzene rings is 2. The number of aromatic nitrogens is 3. The number of hydrogen-bond acceptors (Lipinski definition) is 11. The second-order valence-electron chi connectivity index (χ2n) is 12.4. The number of thiazole rings is 1. The molecule has 50 heavy (non-hydrogen) atoms. The van der Waals surface area contributed by atoms with Gasteiger partial charge in [-0.15, -0.1) is 0 Å². The lowest BCUT2D eigenvalue weighted by Crippen LogP contribution is -2.33. The first-order chi connectivity index (χ1) is 24.4. The number of pyridine rings is 2. The van der Waals surface area contributed by atoms with E-state index in [0.29, 0.717) is 53.8 Å². The molecule has 0 aliphatic carbocycles. The van der Waals surface area contributed by atoms with Crippen LogP contribution in [0.2, 0.25) is 0 Å². The first kappa shape index (κ1) is 31.5. The number of rotatable bonds is 8. The molecule has 0 radical (unpaired) electrons. The molecule has 12 nitrogen and oxygen atoms in total. The van der Waals surface area contributed by atoms with E-state index < -0.39 is 5.97 Å². The number of para-hydroxylation sites is 1. The van der Waals surface area contributed by atoms with E-state index in [4.69, 9.17) is 4.98 Å². The van der Waals surface area contributed by atoms with Gasteiger partial charge in [-0.05, 0) is 72.9 Å². The molecule has 5 aromatic rings. The van der Waals surface area contributed by atoms with Crippen molar-refractivity contribution in [3.05, 3.63) is 125 Å². The van der Waals surface area contributed by atoms with Gasteiger partial charge in [-0.3, -0.25) is 15.3 Å². The summed E-state index contributed by atoms with van der Waals surface area (Å²) in [6.07, 6.45) is 8.07. The number of carbonyl (C=O) groups excluding carboxylic acids is 1. The van der Waals surface area contributed by atoms with Crippen LogP contribution in [0.4, 0.5) is 22.5 Å². The molecule has 6 heterocycles. The van der Waals surface area contributed by atoms with E-state index in [0.717, 1.165) is 63.8 Å². The Labute approximate surface area is 292 Å². The number of anilines is 4. The molecule has 3 N–H and O–H groups in total. The molecule has 1 fully saturated rings. The van der Waals surface area contributed by atoms with E-state index in [-0.39, 0.29) is 11.6 Å². The van der Waals surface area contributed by atoms with Crippen molar-refractivity contribution in [3.8, 4) is 0 Å². The minimum Gasteiger partial charge on any atom is -0.476 e. The molecule has 1 amide bonds. The quantitative estimate of drug-likeness (QED) is 0.170. The van der Waals surface area contributed by atoms with Gasteiger partial charge in [-0.1, -0.05) is 41.7 Å². The minimum absolute atomic E-state index is 0.129. The van der Waals surface area contributed by atoms with Gasteiger partial charge in [0.15, 0.2) is 10.8 Å². The van der Waals surface area contributed by atoms with Gasteiger partial charge in [0.25, 0.3) is 5.91 Å². The van der Waals surface area contributed by atoms with Gasteiger partial charge in [0.05, 0.1) is 21.6 Å². The van der Waals surface area contributed by atoms with E-state index in [1.807, 2.05) is 59.5 Å². The highest BCUT2D eigenvalue weighted by Gasteiger charge is 2.26. The Morgan fingerprint density at radius 2 is 1.66 bits per heavy atom. The smallest absolute Gasteiger partial charge is 0.356 e. The Kier molecular flexibility index (Phi) is 8.34. The Bertz CT molecular complexity index is 2140. The zero-order valence-electron chi connectivity index (χ0n) is 27.1. The molecule has 0 bridgehead atoms. The Balaban J connectivity index is 1.03. The van der Waals surface area contributed by atoms with Crippen LogP contribution in [0.3, 0.4) is 0 Å². The Morgan fingerprint density at radius 1 is 0.840 bits per heavy atom. The van der Waals surface area contributed by atoms with Gasteiger partial charge in [0.1, 0.15) is 11.6 Å². The molecule has 13 heteroatoms. The van der Waals surface area contributed by atoms with Crippen molar-refractivity contribution in [1.82, 2.24) is 20.0 Å². The summed E-state index contributed by atoms with van der Waals surface area (Å²) in [5.41, 5.74) is 4.87. The number of aromatic carboxylic acids is 1. The van der Waals surface area contributed by atoms with Crippen LogP contribution in [0.1, 0.15) is 50.5 Å². The third kappa shape index (κ3) is 6.24. The van der Waals surface area contributed by atoms with Crippen LogP contribution in [0.15, 0.2) is 97.1 Å². The summed E-state index contributed by atoms with van der Waals surface area (Å²) in [7, 11) is 0. The van der Waals surface area contributed by atoms with Crippen LogP contribution < -0.4 is 20.0 Å². The summed E-state index contributed by atoms with van der Waals surface area (Å²) in [6, 6.07) is 22.9. The fraction of sp³-hybridized carbons (Fsp3) is 0.216. The van der Waals surface area contributed by atoms with Gasteiger partial charge < -0.3 is 19.8 Å². The Hall–Kier alpha value is -5.79. The molecular formula is C37H34N8O4S. The molecule has 1 saturated heterocycles. The van der Waals surface area contributed by atoms with Crippen molar-refractivity contribution >= 4 is 55.9 Å². The highest BCUT2D eigenvalue weighted by molar-refractivity contribution is 7.22. The highest BCUT2D eigenvalue weighted by Crippen LogP contribution is 2.32. The monoisotopic (exact) mass is 686 g/mol. The van der Waals surface area contributed by atoms with Gasteiger partial charge in [0.2, 0.25) is 0 Å². The lowest BCUT2D eigenvalue weighted by molar-refractivity contribution is -0.00833. The standard InChI is InChI=1S/C37H34N8O4S/c46-35(41-37-39-29-10-1-2-11-31(29)50-37)27-9-5-7-24-15-18-44(23-28(24)27)33-14-13-30(34(40-33)36(47)48)43-19-20-45(49)26(22-43)21-25-8-6-12-32(38-25)42-16-3-4-17-42/h1-2,5-14,19-20,22,49H,3-4,15-18,21,23H2,(H,47,48)(H,39,41,46). The summed E-state index contributed by atoms with van der Waals surface area (Å²) in [4.78, 5) is 46.0. The minimum atomic E-state index is -1.18. The molecule has 3 aliphatic heterocycles. The van der Waals surface area contributed by atoms with Crippen molar-refractivity contribution in [3.63, 3.8) is 0 Å². The number of nitrogens with one attached hydrogen (secondary N) is 1. The van der Waals surface area contributed by atoms with E-state index in [1.54, 1.807) is 35.5 Å². The van der Waals surface area contributed by atoms with E-state index in [9.17, 15) is 19.9 Å². The summed E-state index contributed by atoms with van der Waals surface area (Å²) < 4.78 is 0.993. The number of carboxylic acid groups (broad SMARTS) is 1. The highest BCUT2D eigenvalue weighted by atomic mass is 32.1. The molecule has 8 rings (SSSR count). The summed E-state index contributed by atoms with van der Waals surface area (Å²) in [5, 5.41) is 25.5. The van der Waals surface area contributed by atoms with Crippen LogP contribution in [0.5, 0.6) is 0 Å². The number of carbonyl (C=O) groups is 2. The first-order valence-corrected chi connectivity index (χ1v) is 17.3. The molecule has 0 saturated carbocycles. The average Bonchev–Trinajstić information content (AvgIpc) is 3.82. The zero-order valence-corrected chi connectivity index (χ0v) is 27.9. The fourth-order valence-electron chi connectivity index (χ4n) is 6.71. The molecule has 3 aromatic heterocycles. The van der Waals surface area contributed by atoms with Crippen molar-refractivity contribution in [1.29, 1.82) is 0 Å². The lowest BCUT2D eigenvalue weighted by Gasteiger charge is -2.32. The predicted molar refractivity (Wildman–Crippen MR) is 193 cm³/mol. The molecule has 0 atom stereocenters. The van der Waals surface area contributed by atoms with Crippen LogP contribution in [0, 0.1) is 0 Å². The SMILES string of the molecule is O=C(Nc1nc2ccccc2s1)c1cccc2c1CN(c1ccc(N3C=CN(O)C(Cc4cccc(N5CCCC5)n4)=C3)c(C(=O)O)n1)CC2. The third-order valence-corrected chi connectivity index (χ3v) is 10.2. The lowest BCUT2D eigenvalue weighted by atomic mass is 9.94. The largest absolute Gasteiger partial charge is 0.476 e. The second-order valence-corrected chi connectivity index (χ2v) is 13.5. The van der Waals surface area contributed by atoms with E-state index in [1.165, 1.54) is 17.5 Å². The molecule has 2 aromatic carbocycles. The van der Waals surface area contributed by atoms with E-state index >= 15 is 0 Å². The number of hydroxylamine groups is 2. The first-order valence-electron chi connectivity index (χ1n) is 16.5. The Morgan fingerprint density at radius 3 is 2.50 bits per heavy atom. The number of fused-ring (bicyclic) bond motifs is 2. The number of nitrogens with zero attached hydrogens (tertiary/aromatic N) is 7. The summed E-state index contributed by atoms with van der Waals surface area (Å²) in [5.74, 6) is -0.00444. The predicted octanol–water partition coefficient (Wildman–Crippen LogP) is 6.27. The molecule has 0 spiro atoms. The number of carboxylic acids is 1. The normalized spacial score (nSPS) is 15.7. The van der Waals surface area contributed by atoms with Crippen LogP contribution >= 0.6 is 11.3 Å². The maximum Gasteiger partial charge on any atom is 0.356 e. The maximum atomic E-state index is 13.5. The summed E-state index contributed by atoms with van der Waals surface area (Å²) >= 11 is 1.42. The van der Waals surface area contributed by atoms with Gasteiger partial charge in [0, 0.05) is 62.5 Å². The average molecular weight is 687 g/mol. The number of hydrogen-bond donors (Lipinski definition) is 3. The van der Waals surface area contributed by atoms with E-state index in [2.05, 4.69) is 20.2 Å². The fourth-order valence-corrected chi connectivity index (χ4v) is 7.57. The van der Waals surface area contributed by atoms with Crippen LogP contribution in [0.25, 0.3) is 10.2 Å². The topological polar surface area (TPSA) is 138 Å². The molecule has 252 valence electrons. The molecular weight excluding hydrogens is 653 g/mol.